The zero-order valence-electron chi connectivity index (χ0n) is 12.6. The van der Waals surface area contributed by atoms with E-state index < -0.39 is 52.2 Å². The van der Waals surface area contributed by atoms with Gasteiger partial charge in [-0.25, -0.2) is 9.78 Å². The van der Waals surface area contributed by atoms with Crippen molar-refractivity contribution in [3.8, 4) is 0 Å². The van der Waals surface area contributed by atoms with Crippen LogP contribution in [0.1, 0.15) is 5.82 Å². The predicted octanol–water partition coefficient (Wildman–Crippen LogP) is 1.88. The molecule has 0 amide bonds. The average Bonchev–Trinajstić information content (AvgIpc) is 2.95. The number of rotatable bonds is 3. The van der Waals surface area contributed by atoms with Crippen molar-refractivity contribution in [1.29, 1.82) is 0 Å². The van der Waals surface area contributed by atoms with E-state index >= 15 is 0 Å². The Morgan fingerprint density at radius 3 is 1.81 bits per heavy atom. The van der Waals surface area contributed by atoms with Gasteiger partial charge in [-0.05, 0) is 0 Å². The molecule has 0 saturated heterocycles. The first kappa shape index (κ1) is 19.8. The maximum absolute atomic E-state index is 13.8. The molecule has 0 aliphatic heterocycles. The highest BCUT2D eigenvalue weighted by Crippen LogP contribution is 2.56. The second kappa shape index (κ2) is 5.26. The number of aromatic amines is 1. The number of H-pyrrole nitrogens is 1. The van der Waals surface area contributed by atoms with Crippen molar-refractivity contribution in [3.63, 3.8) is 0 Å². The quantitative estimate of drug-likeness (QED) is 0.803. The van der Waals surface area contributed by atoms with Crippen LogP contribution in [0.25, 0.3) is 11.2 Å². The molecule has 0 saturated carbocycles. The van der Waals surface area contributed by atoms with Crippen molar-refractivity contribution in [1.82, 2.24) is 19.1 Å². The zero-order valence-corrected chi connectivity index (χ0v) is 12.6. The largest absolute Gasteiger partial charge is 0.460 e. The first-order valence-electron chi connectivity index (χ1n) is 6.35. The van der Waals surface area contributed by atoms with Gasteiger partial charge in [-0.2, -0.15) is 39.5 Å². The number of alkyl halides is 9. The molecule has 26 heavy (non-hydrogen) atoms. The lowest BCUT2D eigenvalue weighted by Crippen LogP contribution is -2.59. The van der Waals surface area contributed by atoms with Crippen LogP contribution < -0.4 is 11.2 Å². The van der Waals surface area contributed by atoms with Crippen LogP contribution in [0.15, 0.2) is 9.59 Å². The highest BCUT2D eigenvalue weighted by molar-refractivity contribution is 5.70. The van der Waals surface area contributed by atoms with Gasteiger partial charge in [0, 0.05) is 14.1 Å². The third-order valence-electron chi connectivity index (χ3n) is 3.54. The Labute approximate surface area is 135 Å². The lowest BCUT2D eigenvalue weighted by molar-refractivity contribution is -0.400. The highest BCUT2D eigenvalue weighted by atomic mass is 19.4. The summed E-state index contributed by atoms with van der Waals surface area (Å²) < 4.78 is 118. The molecule has 6 nitrogen and oxygen atoms in total. The number of imidazole rings is 1. The summed E-state index contributed by atoms with van der Waals surface area (Å²) in [5, 5.41) is 0. The molecule has 0 spiro atoms. The van der Waals surface area contributed by atoms with Gasteiger partial charge < -0.3 is 4.98 Å². The molecule has 0 aliphatic carbocycles. The van der Waals surface area contributed by atoms with Crippen molar-refractivity contribution in [3.05, 3.63) is 26.7 Å². The van der Waals surface area contributed by atoms with Gasteiger partial charge in [0.2, 0.25) is 0 Å². The molecule has 0 aliphatic rings. The van der Waals surface area contributed by atoms with Gasteiger partial charge in [-0.1, -0.05) is 0 Å². The van der Waals surface area contributed by atoms with Crippen LogP contribution in [0.2, 0.25) is 0 Å². The van der Waals surface area contributed by atoms with Crippen LogP contribution in [-0.4, -0.2) is 37.1 Å². The van der Waals surface area contributed by atoms with Crippen LogP contribution in [-0.2, 0) is 20.0 Å². The number of nitrogens with one attached hydrogen (secondary N) is 1. The van der Waals surface area contributed by atoms with Crippen LogP contribution in [0.3, 0.4) is 0 Å². The molecule has 0 unspecified atom stereocenters. The monoisotopic (exact) mass is 398 g/mol. The fourth-order valence-electron chi connectivity index (χ4n) is 2.00. The average molecular weight is 398 g/mol. The van der Waals surface area contributed by atoms with Crippen LogP contribution in [0.5, 0.6) is 0 Å². The van der Waals surface area contributed by atoms with Gasteiger partial charge in [-0.3, -0.25) is 13.9 Å². The van der Waals surface area contributed by atoms with Crippen molar-refractivity contribution in [2.45, 2.75) is 23.9 Å². The predicted molar refractivity (Wildman–Crippen MR) is 66.4 cm³/mol. The molecule has 1 N–H and O–H groups in total. The van der Waals surface area contributed by atoms with E-state index in [-0.39, 0.29) is 0 Å². The third kappa shape index (κ3) is 2.32. The number of hydrogen-bond donors (Lipinski definition) is 1. The first-order chi connectivity index (χ1) is 11.5. The maximum Gasteiger partial charge on any atom is 0.460 e. The summed E-state index contributed by atoms with van der Waals surface area (Å²) in [5.74, 6) is -22.6. The molecule has 15 heteroatoms. The molecule has 0 radical (unpaired) electrons. The van der Waals surface area contributed by atoms with Crippen molar-refractivity contribution in [2.24, 2.45) is 14.1 Å². The van der Waals surface area contributed by atoms with E-state index in [2.05, 4.69) is 4.98 Å². The van der Waals surface area contributed by atoms with Gasteiger partial charge in [0.25, 0.3) is 5.56 Å². The Hall–Kier alpha value is -2.48. The van der Waals surface area contributed by atoms with E-state index in [1.54, 1.807) is 0 Å². The minimum absolute atomic E-state index is 0.352. The molecule has 2 aromatic rings. The van der Waals surface area contributed by atoms with Gasteiger partial charge in [-0.15, -0.1) is 0 Å². The number of nitrogens with zero attached hydrogens (tertiary/aromatic N) is 3. The fourth-order valence-corrected chi connectivity index (χ4v) is 2.00. The zero-order chi connectivity index (χ0) is 20.5. The second-order valence-electron chi connectivity index (χ2n) is 5.21. The highest BCUT2D eigenvalue weighted by Gasteiger charge is 2.82. The Morgan fingerprint density at radius 1 is 0.846 bits per heavy atom. The van der Waals surface area contributed by atoms with E-state index in [1.165, 1.54) is 4.98 Å². The molecule has 146 valence electrons. The third-order valence-corrected chi connectivity index (χ3v) is 3.54. The standard InChI is InChI=1S/C11H7F9N4O2/c1-23-4-3(5(25)24(2)7(23)26)21-6(22-4)8(12,13)9(14,15)10(16,17)11(18,19)20/h1-2H3,(H,21,22). The van der Waals surface area contributed by atoms with Crippen LogP contribution >= 0.6 is 0 Å². The van der Waals surface area contributed by atoms with E-state index in [0.717, 1.165) is 14.1 Å². The normalized spacial score (nSPS) is 14.3. The van der Waals surface area contributed by atoms with Crippen LogP contribution in [0, 0.1) is 0 Å². The second-order valence-corrected chi connectivity index (χ2v) is 5.21. The minimum Gasteiger partial charge on any atom is -0.331 e. The molecule has 0 aromatic carbocycles. The maximum atomic E-state index is 13.8. The Balaban J connectivity index is 2.78. The molecule has 0 bridgehead atoms. The summed E-state index contributed by atoms with van der Waals surface area (Å²) in [5.41, 5.74) is -4.35. The van der Waals surface area contributed by atoms with Crippen LogP contribution in [0.4, 0.5) is 39.5 Å². The molecular weight excluding hydrogens is 391 g/mol. The minimum atomic E-state index is -7.11. The molecule has 2 rings (SSSR count). The van der Waals surface area contributed by atoms with E-state index in [0.29, 0.717) is 9.13 Å². The number of aromatic nitrogens is 4. The van der Waals surface area contributed by atoms with Gasteiger partial charge >= 0.3 is 29.6 Å². The Bertz CT molecular complexity index is 982. The smallest absolute Gasteiger partial charge is 0.331 e. The van der Waals surface area contributed by atoms with Crippen molar-refractivity contribution >= 4 is 11.2 Å². The van der Waals surface area contributed by atoms with E-state index in [9.17, 15) is 49.1 Å². The van der Waals surface area contributed by atoms with E-state index in [4.69, 9.17) is 0 Å². The fraction of sp³-hybridized carbons (Fsp3) is 0.545. The van der Waals surface area contributed by atoms with Gasteiger partial charge in [0.05, 0.1) is 0 Å². The topological polar surface area (TPSA) is 72.7 Å². The molecule has 2 aromatic heterocycles. The Morgan fingerprint density at radius 2 is 1.35 bits per heavy atom. The lowest BCUT2D eigenvalue weighted by Gasteiger charge is -2.32. The molecule has 2 heterocycles. The number of fused-ring (bicyclic) bond motifs is 1. The SMILES string of the molecule is Cn1c(=O)c2[nH]c(C(F)(F)C(F)(F)C(F)(F)C(F)(F)F)nc2n(C)c1=O. The van der Waals surface area contributed by atoms with E-state index in [1.807, 2.05) is 0 Å². The molecule has 0 fully saturated rings. The number of halogens is 9. The first-order valence-corrected chi connectivity index (χ1v) is 6.35. The number of aryl methyl sites for hydroxylation is 1. The molecular formula is C11H7F9N4O2. The summed E-state index contributed by atoms with van der Waals surface area (Å²) in [4.78, 5) is 27.5. The summed E-state index contributed by atoms with van der Waals surface area (Å²) in [6.45, 7) is 0. The summed E-state index contributed by atoms with van der Waals surface area (Å²) >= 11 is 0. The summed E-state index contributed by atoms with van der Waals surface area (Å²) in [6.07, 6.45) is -6.99. The lowest BCUT2D eigenvalue weighted by atomic mass is 10.0. The van der Waals surface area contributed by atoms with Gasteiger partial charge in [0.15, 0.2) is 11.5 Å². The van der Waals surface area contributed by atoms with Crippen molar-refractivity contribution < 1.29 is 39.5 Å². The Kier molecular flexibility index (Phi) is 4.02. The summed E-state index contributed by atoms with van der Waals surface area (Å²) in [6, 6.07) is 0. The molecule has 0 atom stereocenters. The van der Waals surface area contributed by atoms with Gasteiger partial charge in [0.1, 0.15) is 5.52 Å². The number of hydrogen-bond acceptors (Lipinski definition) is 3. The summed E-state index contributed by atoms with van der Waals surface area (Å²) in [7, 11) is 1.77. The van der Waals surface area contributed by atoms with Crippen molar-refractivity contribution in [2.75, 3.05) is 0 Å².